The van der Waals surface area contributed by atoms with Crippen LogP contribution in [0, 0.1) is 5.82 Å². The first-order valence-electron chi connectivity index (χ1n) is 9.72. The van der Waals surface area contributed by atoms with Gasteiger partial charge in [-0.25, -0.2) is 9.37 Å². The van der Waals surface area contributed by atoms with Crippen molar-refractivity contribution >= 4 is 45.9 Å². The summed E-state index contributed by atoms with van der Waals surface area (Å²) in [5.74, 6) is 2.11. The van der Waals surface area contributed by atoms with E-state index in [1.807, 2.05) is 47.3 Å². The third-order valence-electron chi connectivity index (χ3n) is 4.49. The Morgan fingerprint density at radius 3 is 2.66 bits per heavy atom. The van der Waals surface area contributed by atoms with Gasteiger partial charge in [-0.2, -0.15) is 0 Å². The van der Waals surface area contributed by atoms with E-state index in [1.54, 1.807) is 23.9 Å². The molecular weight excluding hydrogens is 465 g/mol. The molecular formula is C22H20FN5OS3. The van der Waals surface area contributed by atoms with Crippen LogP contribution in [-0.2, 0) is 23.3 Å². The maximum atomic E-state index is 13.0. The third kappa shape index (κ3) is 5.96. The second-order valence-corrected chi connectivity index (χ2v) is 9.60. The van der Waals surface area contributed by atoms with Crippen LogP contribution in [0.15, 0.2) is 65.1 Å². The molecule has 164 valence electrons. The fourth-order valence-corrected chi connectivity index (χ4v) is 5.23. The zero-order valence-electron chi connectivity index (χ0n) is 17.2. The summed E-state index contributed by atoms with van der Waals surface area (Å²) >= 11 is 4.41. The number of halogens is 1. The van der Waals surface area contributed by atoms with Crippen LogP contribution < -0.4 is 5.32 Å². The van der Waals surface area contributed by atoms with Crippen molar-refractivity contribution in [1.82, 2.24) is 19.7 Å². The highest BCUT2D eigenvalue weighted by Gasteiger charge is 2.13. The number of nitrogens with one attached hydrogen (secondary N) is 1. The van der Waals surface area contributed by atoms with Crippen LogP contribution in [0.25, 0.3) is 11.3 Å². The Hall–Kier alpha value is -2.69. The number of aromatic nitrogens is 4. The molecule has 2 aromatic carbocycles. The van der Waals surface area contributed by atoms with Crippen LogP contribution in [0.1, 0.15) is 11.4 Å². The SMILES string of the molecule is Cn1c(CSCc2ccc(F)cc2)nnc1SCC(=O)Nc1nc(-c2ccccc2)cs1. The van der Waals surface area contributed by atoms with Crippen molar-refractivity contribution in [2.75, 3.05) is 11.1 Å². The molecule has 32 heavy (non-hydrogen) atoms. The summed E-state index contributed by atoms with van der Waals surface area (Å²) < 4.78 is 14.9. The molecule has 0 aliphatic heterocycles. The van der Waals surface area contributed by atoms with Gasteiger partial charge in [0.15, 0.2) is 10.3 Å². The summed E-state index contributed by atoms with van der Waals surface area (Å²) in [4.78, 5) is 16.8. The Morgan fingerprint density at radius 1 is 1.09 bits per heavy atom. The topological polar surface area (TPSA) is 72.7 Å². The van der Waals surface area contributed by atoms with E-state index < -0.39 is 0 Å². The van der Waals surface area contributed by atoms with Gasteiger partial charge in [-0.3, -0.25) is 4.79 Å². The van der Waals surface area contributed by atoms with Crippen molar-refractivity contribution in [2.45, 2.75) is 16.7 Å². The van der Waals surface area contributed by atoms with Gasteiger partial charge in [-0.15, -0.1) is 33.3 Å². The van der Waals surface area contributed by atoms with E-state index >= 15 is 0 Å². The Balaban J connectivity index is 1.25. The quantitative estimate of drug-likeness (QED) is 0.327. The summed E-state index contributed by atoms with van der Waals surface area (Å²) in [7, 11) is 1.89. The molecule has 0 spiro atoms. The molecule has 2 heterocycles. The van der Waals surface area contributed by atoms with Crippen LogP contribution in [-0.4, -0.2) is 31.4 Å². The van der Waals surface area contributed by atoms with Crippen molar-refractivity contribution in [2.24, 2.45) is 7.05 Å². The van der Waals surface area contributed by atoms with Crippen LogP contribution in [0.5, 0.6) is 0 Å². The summed E-state index contributed by atoms with van der Waals surface area (Å²) in [5, 5.41) is 14.5. The number of amides is 1. The Morgan fingerprint density at radius 2 is 1.88 bits per heavy atom. The number of hydrogen-bond donors (Lipinski definition) is 1. The van der Waals surface area contributed by atoms with Gasteiger partial charge in [0.25, 0.3) is 0 Å². The van der Waals surface area contributed by atoms with E-state index in [0.29, 0.717) is 16.0 Å². The van der Waals surface area contributed by atoms with Crippen molar-refractivity contribution in [3.63, 3.8) is 0 Å². The van der Waals surface area contributed by atoms with Crippen LogP contribution in [0.2, 0.25) is 0 Å². The van der Waals surface area contributed by atoms with E-state index in [4.69, 9.17) is 0 Å². The van der Waals surface area contributed by atoms with E-state index in [-0.39, 0.29) is 17.5 Å². The highest BCUT2D eigenvalue weighted by molar-refractivity contribution is 7.99. The molecule has 0 saturated carbocycles. The lowest BCUT2D eigenvalue weighted by atomic mass is 10.2. The van der Waals surface area contributed by atoms with Crippen LogP contribution >= 0.6 is 34.9 Å². The summed E-state index contributed by atoms with van der Waals surface area (Å²) in [6, 6.07) is 16.3. The van der Waals surface area contributed by atoms with Gasteiger partial charge in [0.05, 0.1) is 17.2 Å². The summed E-state index contributed by atoms with van der Waals surface area (Å²) in [6.45, 7) is 0. The fourth-order valence-electron chi connectivity index (χ4n) is 2.80. The van der Waals surface area contributed by atoms with E-state index in [1.165, 1.54) is 35.2 Å². The van der Waals surface area contributed by atoms with E-state index in [0.717, 1.165) is 28.4 Å². The minimum Gasteiger partial charge on any atom is -0.308 e. The number of anilines is 1. The molecule has 0 saturated heterocycles. The molecule has 1 amide bonds. The van der Waals surface area contributed by atoms with Crippen LogP contribution in [0.4, 0.5) is 9.52 Å². The van der Waals surface area contributed by atoms with Crippen molar-refractivity contribution in [3.05, 3.63) is 77.2 Å². The predicted octanol–water partition coefficient (Wildman–Crippen LogP) is 5.24. The number of carbonyl (C=O) groups is 1. The summed E-state index contributed by atoms with van der Waals surface area (Å²) in [6.07, 6.45) is 0. The number of thiazole rings is 1. The number of thioether (sulfide) groups is 2. The Labute approximate surface area is 197 Å². The van der Waals surface area contributed by atoms with E-state index in [2.05, 4.69) is 20.5 Å². The molecule has 4 aromatic rings. The predicted molar refractivity (Wildman–Crippen MR) is 129 cm³/mol. The standard InChI is InChI=1S/C22H20FN5OS3/c1-28-19(13-30-11-15-7-9-17(23)10-8-15)26-27-22(28)32-14-20(29)25-21-24-18(12-31-21)16-5-3-2-4-6-16/h2-10,12H,11,13-14H2,1H3,(H,24,25,29). The average molecular weight is 486 g/mol. The third-order valence-corrected chi connectivity index (χ3v) is 7.27. The zero-order valence-corrected chi connectivity index (χ0v) is 19.6. The maximum absolute atomic E-state index is 13.0. The number of nitrogens with zero attached hydrogens (tertiary/aromatic N) is 4. The van der Waals surface area contributed by atoms with Gasteiger partial charge in [0, 0.05) is 23.7 Å². The second kappa shape index (κ2) is 10.8. The lowest BCUT2D eigenvalue weighted by Gasteiger charge is -2.04. The molecule has 0 atom stereocenters. The van der Waals surface area contributed by atoms with Gasteiger partial charge >= 0.3 is 0 Å². The van der Waals surface area contributed by atoms with Crippen LogP contribution in [0.3, 0.4) is 0 Å². The monoisotopic (exact) mass is 485 g/mol. The minimum atomic E-state index is -0.232. The summed E-state index contributed by atoms with van der Waals surface area (Å²) in [5.41, 5.74) is 2.92. The molecule has 0 radical (unpaired) electrons. The largest absolute Gasteiger partial charge is 0.308 e. The van der Waals surface area contributed by atoms with Gasteiger partial charge in [0.1, 0.15) is 11.6 Å². The zero-order chi connectivity index (χ0) is 22.3. The van der Waals surface area contributed by atoms with E-state index in [9.17, 15) is 9.18 Å². The smallest absolute Gasteiger partial charge is 0.236 e. The normalized spacial score (nSPS) is 10.9. The van der Waals surface area contributed by atoms with Gasteiger partial charge in [0.2, 0.25) is 5.91 Å². The first kappa shape index (κ1) is 22.5. The number of carbonyl (C=O) groups excluding carboxylic acids is 1. The molecule has 0 fully saturated rings. The first-order chi connectivity index (χ1) is 15.6. The van der Waals surface area contributed by atoms with Gasteiger partial charge < -0.3 is 9.88 Å². The number of rotatable bonds is 9. The van der Waals surface area contributed by atoms with Crippen molar-refractivity contribution < 1.29 is 9.18 Å². The number of hydrogen-bond acceptors (Lipinski definition) is 7. The Bertz CT molecular complexity index is 1180. The second-order valence-electron chi connectivity index (χ2n) is 6.82. The molecule has 6 nitrogen and oxygen atoms in total. The average Bonchev–Trinajstić information content (AvgIpc) is 3.41. The van der Waals surface area contributed by atoms with Crippen molar-refractivity contribution in [1.29, 1.82) is 0 Å². The molecule has 0 aliphatic rings. The highest BCUT2D eigenvalue weighted by atomic mass is 32.2. The lowest BCUT2D eigenvalue weighted by Crippen LogP contribution is -2.14. The first-order valence-corrected chi connectivity index (χ1v) is 12.7. The molecule has 0 aliphatic carbocycles. The maximum Gasteiger partial charge on any atom is 0.236 e. The molecule has 2 aromatic heterocycles. The molecule has 10 heteroatoms. The molecule has 4 rings (SSSR count). The van der Waals surface area contributed by atoms with Gasteiger partial charge in [-0.05, 0) is 17.7 Å². The van der Waals surface area contributed by atoms with Crippen molar-refractivity contribution in [3.8, 4) is 11.3 Å². The fraction of sp³-hybridized carbons (Fsp3) is 0.182. The highest BCUT2D eigenvalue weighted by Crippen LogP contribution is 2.25. The number of benzene rings is 2. The minimum absolute atomic E-state index is 0.140. The van der Waals surface area contributed by atoms with Gasteiger partial charge in [-0.1, -0.05) is 54.2 Å². The Kier molecular flexibility index (Phi) is 7.56. The molecule has 0 unspecified atom stereocenters. The molecule has 1 N–H and O–H groups in total. The molecule has 0 bridgehead atoms. The lowest BCUT2D eigenvalue weighted by molar-refractivity contribution is -0.113.